The van der Waals surface area contributed by atoms with Gasteiger partial charge in [0.1, 0.15) is 0 Å². The molecule has 6 heteroatoms. The minimum atomic E-state index is 0.526. The lowest BCUT2D eigenvalue weighted by Crippen LogP contribution is -2.40. The van der Waals surface area contributed by atoms with Crippen LogP contribution in [0.4, 0.5) is 5.69 Å². The second-order valence-corrected chi connectivity index (χ2v) is 10.2. The molecule has 0 radical (unpaired) electrons. The number of benzene rings is 1. The van der Waals surface area contributed by atoms with Crippen molar-refractivity contribution in [2.24, 2.45) is 5.92 Å². The minimum absolute atomic E-state index is 0.526. The van der Waals surface area contributed by atoms with Crippen LogP contribution < -0.4 is 20.9 Å². The molecule has 2 fully saturated rings. The molecule has 37 heavy (non-hydrogen) atoms. The van der Waals surface area contributed by atoms with Crippen molar-refractivity contribution >= 4 is 12.1 Å². The Balaban J connectivity index is 0.000000341. The lowest BCUT2D eigenvalue weighted by molar-refractivity contribution is -0.109. The van der Waals surface area contributed by atoms with Crippen LogP contribution in [0.15, 0.2) is 35.7 Å². The van der Waals surface area contributed by atoms with E-state index in [0.29, 0.717) is 24.9 Å². The summed E-state index contributed by atoms with van der Waals surface area (Å²) >= 11 is 0. The molecule has 2 aliphatic heterocycles. The second kappa shape index (κ2) is 16.2. The molecule has 2 heterocycles. The van der Waals surface area contributed by atoms with Gasteiger partial charge in [0.05, 0.1) is 6.54 Å². The number of aryl methyl sites for hydroxylation is 1. The van der Waals surface area contributed by atoms with Crippen molar-refractivity contribution in [1.29, 1.82) is 0 Å². The Kier molecular flexibility index (Phi) is 13.3. The van der Waals surface area contributed by atoms with Gasteiger partial charge in [-0.25, -0.2) is 0 Å². The fourth-order valence-corrected chi connectivity index (χ4v) is 4.73. The van der Waals surface area contributed by atoms with Crippen LogP contribution >= 0.6 is 0 Å². The molecule has 1 amide bonds. The van der Waals surface area contributed by atoms with Crippen molar-refractivity contribution in [1.82, 2.24) is 16.0 Å². The van der Waals surface area contributed by atoms with Crippen molar-refractivity contribution in [2.75, 3.05) is 44.3 Å². The first kappa shape index (κ1) is 30.5. The summed E-state index contributed by atoms with van der Waals surface area (Å²) in [6.07, 6.45) is 5.28. The number of carbonyl (C=O) groups is 1. The predicted molar refractivity (Wildman–Crippen MR) is 156 cm³/mol. The summed E-state index contributed by atoms with van der Waals surface area (Å²) in [4.78, 5) is 12.6. The van der Waals surface area contributed by atoms with Crippen LogP contribution in [-0.4, -0.2) is 51.8 Å². The van der Waals surface area contributed by atoms with Crippen molar-refractivity contribution in [3.05, 3.63) is 52.4 Å². The molecule has 0 unspecified atom stereocenters. The minimum Gasteiger partial charge on any atom is -0.381 e. The largest absolute Gasteiger partial charge is 0.381 e. The summed E-state index contributed by atoms with van der Waals surface area (Å²) in [7, 11) is 0. The predicted octanol–water partition coefficient (Wildman–Crippen LogP) is 4.81. The van der Waals surface area contributed by atoms with E-state index in [1.54, 1.807) is 0 Å². The third kappa shape index (κ3) is 10.3. The number of hydrogen-bond donors (Lipinski definition) is 3. The maximum absolute atomic E-state index is 10.0. The summed E-state index contributed by atoms with van der Waals surface area (Å²) in [6, 6.07) is 5.16. The SMILES string of the molecule is C=C(C)NC(CNC=O)=C(C)C.CCN(c1cc(C#CC2CCNCC2)cc(C)c1C)C1CCOCC1. The highest BCUT2D eigenvalue weighted by Gasteiger charge is 2.22. The smallest absolute Gasteiger partial charge is 0.207 e. The average molecular weight is 509 g/mol. The molecular weight excluding hydrogens is 460 g/mol. The first-order valence-electron chi connectivity index (χ1n) is 13.7. The lowest BCUT2D eigenvalue weighted by atomic mass is 9.97. The number of ether oxygens (including phenoxy) is 1. The molecule has 0 atom stereocenters. The highest BCUT2D eigenvalue weighted by molar-refractivity contribution is 5.61. The summed E-state index contributed by atoms with van der Waals surface area (Å²) in [5.41, 5.74) is 8.28. The number of carbonyl (C=O) groups excluding carboxylic acids is 1. The van der Waals surface area contributed by atoms with Gasteiger partial charge in [-0.3, -0.25) is 4.79 Å². The number of anilines is 1. The highest BCUT2D eigenvalue weighted by Crippen LogP contribution is 2.29. The lowest BCUT2D eigenvalue weighted by Gasteiger charge is -2.36. The molecule has 6 nitrogen and oxygen atoms in total. The number of hydrogen-bond acceptors (Lipinski definition) is 5. The van der Waals surface area contributed by atoms with E-state index in [1.807, 2.05) is 20.8 Å². The Morgan fingerprint density at radius 2 is 1.84 bits per heavy atom. The van der Waals surface area contributed by atoms with Gasteiger partial charge in [-0.05, 0) is 104 Å². The van der Waals surface area contributed by atoms with Gasteiger partial charge in [0.2, 0.25) is 6.41 Å². The molecule has 1 aromatic rings. The van der Waals surface area contributed by atoms with Crippen LogP contribution in [0.2, 0.25) is 0 Å². The Hall–Kier alpha value is -2.75. The van der Waals surface area contributed by atoms with Crippen LogP contribution in [0, 0.1) is 31.6 Å². The Bertz CT molecular complexity index is 973. The van der Waals surface area contributed by atoms with Gasteiger partial charge in [-0.1, -0.05) is 24.0 Å². The second-order valence-electron chi connectivity index (χ2n) is 10.2. The van der Waals surface area contributed by atoms with E-state index >= 15 is 0 Å². The maximum atomic E-state index is 10.0. The molecule has 3 N–H and O–H groups in total. The van der Waals surface area contributed by atoms with Crippen LogP contribution in [0.5, 0.6) is 0 Å². The zero-order chi connectivity index (χ0) is 27.2. The third-order valence-electron chi connectivity index (χ3n) is 7.01. The summed E-state index contributed by atoms with van der Waals surface area (Å²) in [6.45, 7) is 21.8. The van der Waals surface area contributed by atoms with E-state index in [9.17, 15) is 4.79 Å². The average Bonchev–Trinajstić information content (AvgIpc) is 2.89. The Morgan fingerprint density at radius 1 is 1.16 bits per heavy atom. The molecule has 3 rings (SSSR count). The monoisotopic (exact) mass is 508 g/mol. The normalized spacial score (nSPS) is 15.8. The first-order chi connectivity index (χ1) is 17.8. The van der Waals surface area contributed by atoms with Crippen LogP contribution in [0.3, 0.4) is 0 Å². The fourth-order valence-electron chi connectivity index (χ4n) is 4.73. The summed E-state index contributed by atoms with van der Waals surface area (Å²) in [5.74, 6) is 7.54. The van der Waals surface area contributed by atoms with Gasteiger partial charge in [-0.15, -0.1) is 0 Å². The van der Waals surface area contributed by atoms with Crippen LogP contribution in [0.25, 0.3) is 0 Å². The topological polar surface area (TPSA) is 65.6 Å². The molecular formula is C31H48N4O2. The number of nitrogens with one attached hydrogen (secondary N) is 3. The molecule has 2 aliphatic rings. The highest BCUT2D eigenvalue weighted by atomic mass is 16.5. The first-order valence-corrected chi connectivity index (χ1v) is 13.7. The van der Waals surface area contributed by atoms with Crippen molar-refractivity contribution < 1.29 is 9.53 Å². The van der Waals surface area contributed by atoms with Crippen LogP contribution in [-0.2, 0) is 9.53 Å². The Labute approximate surface area is 225 Å². The van der Waals surface area contributed by atoms with E-state index in [0.717, 1.165) is 62.7 Å². The maximum Gasteiger partial charge on any atom is 0.207 e. The van der Waals surface area contributed by atoms with E-state index in [2.05, 4.69) is 72.2 Å². The van der Waals surface area contributed by atoms with E-state index in [-0.39, 0.29) is 0 Å². The van der Waals surface area contributed by atoms with E-state index in [4.69, 9.17) is 4.74 Å². The molecule has 204 valence electrons. The number of rotatable bonds is 8. The number of amides is 1. The molecule has 2 saturated heterocycles. The molecule has 0 spiro atoms. The van der Waals surface area contributed by atoms with Gasteiger partial charge >= 0.3 is 0 Å². The number of piperidine rings is 1. The third-order valence-corrected chi connectivity index (χ3v) is 7.01. The van der Waals surface area contributed by atoms with Crippen LogP contribution in [0.1, 0.15) is 70.1 Å². The molecule has 0 bridgehead atoms. The van der Waals surface area contributed by atoms with Crippen molar-refractivity contribution in [2.45, 2.75) is 73.3 Å². The molecule has 0 saturated carbocycles. The summed E-state index contributed by atoms with van der Waals surface area (Å²) < 4.78 is 5.56. The van der Waals surface area contributed by atoms with Gasteiger partial charge in [0, 0.05) is 54.4 Å². The zero-order valence-corrected chi connectivity index (χ0v) is 23.9. The molecule has 0 aliphatic carbocycles. The number of allylic oxidation sites excluding steroid dienone is 2. The van der Waals surface area contributed by atoms with Gasteiger partial charge in [0.15, 0.2) is 0 Å². The van der Waals surface area contributed by atoms with Gasteiger partial charge in [-0.2, -0.15) is 0 Å². The Morgan fingerprint density at radius 3 is 2.41 bits per heavy atom. The van der Waals surface area contributed by atoms with E-state index in [1.165, 1.54) is 35.2 Å². The van der Waals surface area contributed by atoms with Gasteiger partial charge in [0.25, 0.3) is 0 Å². The number of nitrogens with zero attached hydrogens (tertiary/aromatic N) is 1. The molecule has 1 aromatic carbocycles. The fraction of sp³-hybridized carbons (Fsp3) is 0.581. The summed E-state index contributed by atoms with van der Waals surface area (Å²) in [5, 5.41) is 9.08. The van der Waals surface area contributed by atoms with E-state index < -0.39 is 0 Å². The quantitative estimate of drug-likeness (QED) is 0.347. The molecule has 0 aromatic heterocycles. The van der Waals surface area contributed by atoms with Crippen molar-refractivity contribution in [3.63, 3.8) is 0 Å². The zero-order valence-electron chi connectivity index (χ0n) is 23.9. The van der Waals surface area contributed by atoms with Gasteiger partial charge < -0.3 is 25.6 Å². The van der Waals surface area contributed by atoms with Crippen molar-refractivity contribution in [3.8, 4) is 11.8 Å². The standard InChI is InChI=1S/C22H32N2O.C9H16N2O/c1-4-24(21-9-13-25-14-10-21)22-16-20(15-17(2)18(22)3)6-5-19-7-11-23-12-8-19;1-7(2)9(5-10-6-12)11-8(3)4/h15-16,19,21,23H,4,7-14H2,1-3H3;6,11H,3,5H2,1-2,4H3,(H,10,12).